The van der Waals surface area contributed by atoms with Crippen LogP contribution in [0, 0.1) is 11.3 Å². The minimum Gasteiger partial charge on any atom is -0.356 e. The third-order valence-corrected chi connectivity index (χ3v) is 3.73. The number of nitrogens with one attached hydrogen (secondary N) is 1. The van der Waals surface area contributed by atoms with Gasteiger partial charge in [0.15, 0.2) is 0 Å². The standard InChI is InChI=1S/C14H27N3O2/c1-5-16-12(18)10-6-8-17(9-7-10)13(19)11(15)14(2,3)4/h10-11H,5-9,15H2,1-4H3,(H,16,18). The highest BCUT2D eigenvalue weighted by Gasteiger charge is 2.34. The van der Waals surface area contributed by atoms with E-state index in [-0.39, 0.29) is 23.1 Å². The molecule has 0 radical (unpaired) electrons. The number of hydrogen-bond acceptors (Lipinski definition) is 3. The Kier molecular flexibility index (Phi) is 5.35. The highest BCUT2D eigenvalue weighted by Crippen LogP contribution is 2.23. The maximum Gasteiger partial charge on any atom is 0.240 e. The van der Waals surface area contributed by atoms with Crippen LogP contribution in [0.1, 0.15) is 40.5 Å². The topological polar surface area (TPSA) is 75.4 Å². The molecular weight excluding hydrogens is 242 g/mol. The van der Waals surface area contributed by atoms with Crippen molar-refractivity contribution in [3.8, 4) is 0 Å². The van der Waals surface area contributed by atoms with Gasteiger partial charge in [0.2, 0.25) is 11.8 Å². The Labute approximate surface area is 115 Å². The molecule has 3 N–H and O–H groups in total. The van der Waals surface area contributed by atoms with Gasteiger partial charge >= 0.3 is 0 Å². The second kappa shape index (κ2) is 6.37. The van der Waals surface area contributed by atoms with Crippen molar-refractivity contribution in [1.29, 1.82) is 0 Å². The first-order chi connectivity index (χ1) is 8.77. The predicted molar refractivity (Wildman–Crippen MR) is 75.4 cm³/mol. The van der Waals surface area contributed by atoms with E-state index in [4.69, 9.17) is 5.73 Å². The molecule has 0 aromatic carbocycles. The van der Waals surface area contributed by atoms with Gasteiger partial charge in [-0.1, -0.05) is 20.8 Å². The number of amides is 2. The lowest BCUT2D eigenvalue weighted by molar-refractivity contribution is -0.138. The molecule has 1 heterocycles. The van der Waals surface area contributed by atoms with Gasteiger partial charge in [-0.15, -0.1) is 0 Å². The number of nitrogens with zero attached hydrogens (tertiary/aromatic N) is 1. The van der Waals surface area contributed by atoms with E-state index < -0.39 is 6.04 Å². The van der Waals surface area contributed by atoms with Crippen molar-refractivity contribution in [3.63, 3.8) is 0 Å². The largest absolute Gasteiger partial charge is 0.356 e. The molecule has 1 rings (SSSR count). The molecule has 5 nitrogen and oxygen atoms in total. The van der Waals surface area contributed by atoms with Gasteiger partial charge in [0.05, 0.1) is 6.04 Å². The van der Waals surface area contributed by atoms with Gasteiger partial charge < -0.3 is 16.0 Å². The molecule has 1 fully saturated rings. The van der Waals surface area contributed by atoms with E-state index in [1.807, 2.05) is 27.7 Å². The summed E-state index contributed by atoms with van der Waals surface area (Å²) in [5.41, 5.74) is 5.77. The molecule has 0 aliphatic carbocycles. The Morgan fingerprint density at radius 2 is 1.84 bits per heavy atom. The number of likely N-dealkylation sites (tertiary alicyclic amines) is 1. The number of nitrogens with two attached hydrogens (primary N) is 1. The first-order valence-corrected chi connectivity index (χ1v) is 7.09. The lowest BCUT2D eigenvalue weighted by Gasteiger charge is -2.36. The monoisotopic (exact) mass is 269 g/mol. The number of carbonyl (C=O) groups is 2. The molecule has 110 valence electrons. The van der Waals surface area contributed by atoms with Crippen LogP contribution in [0.25, 0.3) is 0 Å². The smallest absolute Gasteiger partial charge is 0.240 e. The van der Waals surface area contributed by atoms with Crippen molar-refractivity contribution in [2.45, 2.75) is 46.6 Å². The number of piperidine rings is 1. The van der Waals surface area contributed by atoms with Gasteiger partial charge in [-0.2, -0.15) is 0 Å². The Hall–Kier alpha value is -1.10. The van der Waals surface area contributed by atoms with Crippen LogP contribution in [-0.4, -0.2) is 42.4 Å². The van der Waals surface area contributed by atoms with Crippen LogP contribution in [0.5, 0.6) is 0 Å². The number of rotatable bonds is 3. The average molecular weight is 269 g/mol. The molecule has 2 amide bonds. The van der Waals surface area contributed by atoms with Crippen molar-refractivity contribution in [2.24, 2.45) is 17.1 Å². The van der Waals surface area contributed by atoms with Crippen LogP contribution in [0.4, 0.5) is 0 Å². The van der Waals surface area contributed by atoms with E-state index in [2.05, 4.69) is 5.32 Å². The Balaban J connectivity index is 2.50. The minimum absolute atomic E-state index is 0.00171. The molecule has 1 saturated heterocycles. The fraction of sp³-hybridized carbons (Fsp3) is 0.857. The maximum absolute atomic E-state index is 12.2. The lowest BCUT2D eigenvalue weighted by atomic mass is 9.86. The van der Waals surface area contributed by atoms with Gasteiger partial charge in [-0.25, -0.2) is 0 Å². The molecule has 0 saturated carbocycles. The Morgan fingerprint density at radius 1 is 1.32 bits per heavy atom. The zero-order valence-corrected chi connectivity index (χ0v) is 12.5. The molecule has 5 heteroatoms. The summed E-state index contributed by atoms with van der Waals surface area (Å²) in [6.07, 6.45) is 1.46. The second-order valence-electron chi connectivity index (χ2n) is 6.34. The predicted octanol–water partition coefficient (Wildman–Crippen LogP) is 0.735. The van der Waals surface area contributed by atoms with E-state index in [0.29, 0.717) is 19.6 Å². The highest BCUT2D eigenvalue weighted by molar-refractivity contribution is 5.83. The Bertz CT molecular complexity index is 328. The summed E-state index contributed by atoms with van der Waals surface area (Å²) in [6.45, 7) is 9.74. The van der Waals surface area contributed by atoms with Crippen molar-refractivity contribution < 1.29 is 9.59 Å². The summed E-state index contributed by atoms with van der Waals surface area (Å²) in [5, 5.41) is 2.84. The van der Waals surface area contributed by atoms with Gasteiger partial charge in [0, 0.05) is 25.6 Å². The second-order valence-corrected chi connectivity index (χ2v) is 6.34. The summed E-state index contributed by atoms with van der Waals surface area (Å²) >= 11 is 0. The zero-order valence-electron chi connectivity index (χ0n) is 12.5. The normalized spacial score (nSPS) is 19.1. The maximum atomic E-state index is 12.2. The van der Waals surface area contributed by atoms with Gasteiger partial charge in [-0.3, -0.25) is 9.59 Å². The third kappa shape index (κ3) is 4.20. The van der Waals surface area contributed by atoms with Crippen LogP contribution in [0.3, 0.4) is 0 Å². The molecule has 0 aromatic rings. The molecule has 1 aliphatic rings. The number of carbonyl (C=O) groups excluding carboxylic acids is 2. The summed E-state index contributed by atoms with van der Waals surface area (Å²) in [7, 11) is 0. The van der Waals surface area contributed by atoms with E-state index >= 15 is 0 Å². The molecule has 1 atom stereocenters. The fourth-order valence-corrected chi connectivity index (χ4v) is 2.25. The van der Waals surface area contributed by atoms with Crippen molar-refractivity contribution in [3.05, 3.63) is 0 Å². The summed E-state index contributed by atoms with van der Waals surface area (Å²) in [5.74, 6) is 0.145. The summed E-state index contributed by atoms with van der Waals surface area (Å²) < 4.78 is 0. The van der Waals surface area contributed by atoms with Crippen LogP contribution in [0.15, 0.2) is 0 Å². The minimum atomic E-state index is -0.478. The van der Waals surface area contributed by atoms with Crippen LogP contribution in [0.2, 0.25) is 0 Å². The van der Waals surface area contributed by atoms with Gasteiger partial charge in [0.25, 0.3) is 0 Å². The molecule has 19 heavy (non-hydrogen) atoms. The molecular formula is C14H27N3O2. The summed E-state index contributed by atoms with van der Waals surface area (Å²) in [4.78, 5) is 25.8. The highest BCUT2D eigenvalue weighted by atomic mass is 16.2. The number of hydrogen-bond donors (Lipinski definition) is 2. The Morgan fingerprint density at radius 3 is 2.26 bits per heavy atom. The van der Waals surface area contributed by atoms with E-state index in [1.54, 1.807) is 4.90 Å². The molecule has 0 spiro atoms. The van der Waals surface area contributed by atoms with Gasteiger partial charge in [-0.05, 0) is 25.2 Å². The van der Waals surface area contributed by atoms with Crippen LogP contribution < -0.4 is 11.1 Å². The van der Waals surface area contributed by atoms with Gasteiger partial charge in [0.1, 0.15) is 0 Å². The molecule has 1 aliphatic heterocycles. The van der Waals surface area contributed by atoms with Crippen LogP contribution in [-0.2, 0) is 9.59 Å². The first kappa shape index (κ1) is 16.0. The molecule has 0 bridgehead atoms. The quantitative estimate of drug-likeness (QED) is 0.793. The first-order valence-electron chi connectivity index (χ1n) is 7.09. The molecule has 1 unspecified atom stereocenters. The zero-order chi connectivity index (χ0) is 14.6. The van der Waals surface area contributed by atoms with Crippen molar-refractivity contribution in [2.75, 3.05) is 19.6 Å². The molecule has 0 aromatic heterocycles. The fourth-order valence-electron chi connectivity index (χ4n) is 2.25. The average Bonchev–Trinajstić information content (AvgIpc) is 2.36. The van der Waals surface area contributed by atoms with Crippen LogP contribution >= 0.6 is 0 Å². The van der Waals surface area contributed by atoms with E-state index in [1.165, 1.54) is 0 Å². The third-order valence-electron chi connectivity index (χ3n) is 3.73. The SMILES string of the molecule is CCNC(=O)C1CCN(C(=O)C(N)C(C)(C)C)CC1. The summed E-state index contributed by atoms with van der Waals surface area (Å²) in [6, 6.07) is -0.478. The lowest BCUT2D eigenvalue weighted by Crippen LogP contribution is -2.53. The van der Waals surface area contributed by atoms with E-state index in [9.17, 15) is 9.59 Å². The van der Waals surface area contributed by atoms with Crippen molar-refractivity contribution >= 4 is 11.8 Å². The van der Waals surface area contributed by atoms with Crippen molar-refractivity contribution in [1.82, 2.24) is 10.2 Å². The van der Waals surface area contributed by atoms with E-state index in [0.717, 1.165) is 12.8 Å².